The molecule has 0 unspecified atom stereocenters. The van der Waals surface area contributed by atoms with Gasteiger partial charge in [-0.2, -0.15) is 4.31 Å². The number of aromatic amines is 1. The number of rotatable bonds is 5. The molecule has 1 aliphatic heterocycles. The van der Waals surface area contributed by atoms with E-state index in [4.69, 9.17) is 0 Å². The average molecular weight is 286 g/mol. The molecule has 1 fully saturated rings. The number of piperazine rings is 1. The summed E-state index contributed by atoms with van der Waals surface area (Å²) in [7, 11) is -3.38. The van der Waals surface area contributed by atoms with Gasteiger partial charge in [0.2, 0.25) is 0 Å². The average Bonchev–Trinajstić information content (AvgIpc) is 2.91. The fraction of sp³-hybridized carbons (Fsp3) is 0.750. The standard InChI is InChI=1S/C12H22N4O2S/c1-11(2)3-4-15-5-7-16(8-6-15)19(17,18)12-9-13-10-14-12/h9-11H,3-8H2,1-2H3,(H,13,14). The van der Waals surface area contributed by atoms with Gasteiger partial charge in [-0.15, -0.1) is 0 Å². The van der Waals surface area contributed by atoms with Crippen LogP contribution in [0.3, 0.4) is 0 Å². The van der Waals surface area contributed by atoms with Gasteiger partial charge in [0.25, 0.3) is 10.0 Å². The molecule has 1 N–H and O–H groups in total. The fourth-order valence-corrected chi connectivity index (χ4v) is 3.48. The molecule has 1 aromatic heterocycles. The van der Waals surface area contributed by atoms with Crippen molar-refractivity contribution in [3.63, 3.8) is 0 Å². The van der Waals surface area contributed by atoms with Crippen LogP contribution < -0.4 is 0 Å². The Hall–Kier alpha value is -0.920. The summed E-state index contributed by atoms with van der Waals surface area (Å²) < 4.78 is 26.0. The Morgan fingerprint density at radius 1 is 1.32 bits per heavy atom. The van der Waals surface area contributed by atoms with E-state index in [2.05, 4.69) is 28.7 Å². The van der Waals surface area contributed by atoms with E-state index in [0.29, 0.717) is 19.0 Å². The fourth-order valence-electron chi connectivity index (χ4n) is 2.16. The highest BCUT2D eigenvalue weighted by molar-refractivity contribution is 7.89. The molecule has 0 aliphatic carbocycles. The number of hydrogen-bond donors (Lipinski definition) is 1. The Kier molecular flexibility index (Phi) is 4.59. The maximum atomic E-state index is 12.3. The zero-order valence-corrected chi connectivity index (χ0v) is 12.4. The summed E-state index contributed by atoms with van der Waals surface area (Å²) in [4.78, 5) is 8.78. The van der Waals surface area contributed by atoms with E-state index < -0.39 is 10.0 Å². The molecule has 1 saturated heterocycles. The Labute approximate surface area is 114 Å². The minimum absolute atomic E-state index is 0.183. The summed E-state index contributed by atoms with van der Waals surface area (Å²) >= 11 is 0. The Balaban J connectivity index is 1.90. The summed E-state index contributed by atoms with van der Waals surface area (Å²) in [5.41, 5.74) is 0. The summed E-state index contributed by atoms with van der Waals surface area (Å²) in [5, 5.41) is 0.183. The van der Waals surface area contributed by atoms with Gasteiger partial charge in [0.15, 0.2) is 5.03 Å². The van der Waals surface area contributed by atoms with Crippen LogP contribution in [-0.4, -0.2) is 60.3 Å². The predicted octanol–water partition coefficient (Wildman–Crippen LogP) is 0.762. The van der Waals surface area contributed by atoms with E-state index in [-0.39, 0.29) is 5.03 Å². The SMILES string of the molecule is CC(C)CCN1CCN(S(=O)(=O)c2cnc[nH]2)CC1. The molecule has 0 spiro atoms. The molecule has 7 heteroatoms. The maximum Gasteiger partial charge on any atom is 0.260 e. The molecule has 0 atom stereocenters. The van der Waals surface area contributed by atoms with Crippen molar-refractivity contribution in [2.75, 3.05) is 32.7 Å². The van der Waals surface area contributed by atoms with Gasteiger partial charge in [-0.05, 0) is 18.9 Å². The van der Waals surface area contributed by atoms with Crippen molar-refractivity contribution in [3.05, 3.63) is 12.5 Å². The quantitative estimate of drug-likeness (QED) is 0.868. The van der Waals surface area contributed by atoms with Crippen LogP contribution in [-0.2, 0) is 10.0 Å². The van der Waals surface area contributed by atoms with Crippen LogP contribution in [0.25, 0.3) is 0 Å². The van der Waals surface area contributed by atoms with Crippen LogP contribution in [0.15, 0.2) is 17.6 Å². The monoisotopic (exact) mass is 286 g/mol. The second kappa shape index (κ2) is 6.02. The van der Waals surface area contributed by atoms with E-state index in [0.717, 1.165) is 26.1 Å². The molecule has 1 aromatic rings. The highest BCUT2D eigenvalue weighted by atomic mass is 32.2. The molecule has 2 heterocycles. The van der Waals surface area contributed by atoms with Gasteiger partial charge < -0.3 is 9.88 Å². The highest BCUT2D eigenvalue weighted by Gasteiger charge is 2.29. The highest BCUT2D eigenvalue weighted by Crippen LogP contribution is 2.15. The first kappa shape index (κ1) is 14.5. The van der Waals surface area contributed by atoms with Crippen molar-refractivity contribution in [1.82, 2.24) is 19.2 Å². The minimum atomic E-state index is -3.38. The summed E-state index contributed by atoms with van der Waals surface area (Å²) in [6.45, 7) is 8.19. The van der Waals surface area contributed by atoms with E-state index in [1.807, 2.05) is 0 Å². The number of hydrogen-bond acceptors (Lipinski definition) is 4. The summed E-state index contributed by atoms with van der Waals surface area (Å²) in [6.07, 6.45) is 3.92. The molecular formula is C12H22N4O2S. The minimum Gasteiger partial charge on any atom is -0.335 e. The lowest BCUT2D eigenvalue weighted by atomic mass is 10.1. The van der Waals surface area contributed by atoms with Gasteiger partial charge in [-0.1, -0.05) is 13.8 Å². The van der Waals surface area contributed by atoms with Crippen LogP contribution >= 0.6 is 0 Å². The third kappa shape index (κ3) is 3.55. The van der Waals surface area contributed by atoms with Gasteiger partial charge >= 0.3 is 0 Å². The zero-order valence-electron chi connectivity index (χ0n) is 11.5. The first-order valence-electron chi connectivity index (χ1n) is 6.71. The molecule has 0 aromatic carbocycles. The number of aromatic nitrogens is 2. The first-order valence-corrected chi connectivity index (χ1v) is 8.15. The van der Waals surface area contributed by atoms with Gasteiger partial charge in [-0.25, -0.2) is 13.4 Å². The van der Waals surface area contributed by atoms with Crippen molar-refractivity contribution >= 4 is 10.0 Å². The van der Waals surface area contributed by atoms with E-state index >= 15 is 0 Å². The molecule has 6 nitrogen and oxygen atoms in total. The van der Waals surface area contributed by atoms with E-state index in [9.17, 15) is 8.42 Å². The number of H-pyrrole nitrogens is 1. The molecule has 2 rings (SSSR count). The lowest BCUT2D eigenvalue weighted by Gasteiger charge is -2.33. The van der Waals surface area contributed by atoms with Crippen LogP contribution in [0.4, 0.5) is 0 Å². The van der Waals surface area contributed by atoms with Gasteiger partial charge in [0.1, 0.15) is 0 Å². The molecular weight excluding hydrogens is 264 g/mol. The number of nitrogens with zero attached hydrogens (tertiary/aromatic N) is 3. The lowest BCUT2D eigenvalue weighted by molar-refractivity contribution is 0.180. The van der Waals surface area contributed by atoms with Crippen LogP contribution in [0.1, 0.15) is 20.3 Å². The second-order valence-corrected chi connectivity index (χ2v) is 7.25. The van der Waals surface area contributed by atoms with Crippen molar-refractivity contribution in [3.8, 4) is 0 Å². The van der Waals surface area contributed by atoms with E-state index in [1.165, 1.54) is 16.8 Å². The molecule has 0 saturated carbocycles. The van der Waals surface area contributed by atoms with Crippen LogP contribution in [0.2, 0.25) is 0 Å². The molecule has 108 valence electrons. The van der Waals surface area contributed by atoms with Gasteiger partial charge in [-0.3, -0.25) is 0 Å². The summed E-state index contributed by atoms with van der Waals surface area (Å²) in [6, 6.07) is 0. The molecule has 0 bridgehead atoms. The molecule has 0 amide bonds. The third-order valence-electron chi connectivity index (χ3n) is 3.44. The normalized spacial score (nSPS) is 19.1. The Morgan fingerprint density at radius 3 is 2.53 bits per heavy atom. The van der Waals surface area contributed by atoms with Gasteiger partial charge in [0, 0.05) is 26.2 Å². The largest absolute Gasteiger partial charge is 0.335 e. The topological polar surface area (TPSA) is 69.3 Å². The zero-order chi connectivity index (χ0) is 13.9. The molecule has 0 radical (unpaired) electrons. The number of imidazole rings is 1. The Bertz CT molecular complexity index is 476. The molecule has 19 heavy (non-hydrogen) atoms. The lowest BCUT2D eigenvalue weighted by Crippen LogP contribution is -2.48. The van der Waals surface area contributed by atoms with E-state index in [1.54, 1.807) is 0 Å². The second-order valence-electron chi connectivity index (χ2n) is 5.34. The molecule has 1 aliphatic rings. The maximum absolute atomic E-state index is 12.3. The van der Waals surface area contributed by atoms with Crippen molar-refractivity contribution < 1.29 is 8.42 Å². The predicted molar refractivity (Wildman–Crippen MR) is 73.2 cm³/mol. The smallest absolute Gasteiger partial charge is 0.260 e. The van der Waals surface area contributed by atoms with Crippen LogP contribution in [0.5, 0.6) is 0 Å². The van der Waals surface area contributed by atoms with Crippen molar-refractivity contribution in [1.29, 1.82) is 0 Å². The van der Waals surface area contributed by atoms with Crippen LogP contribution in [0, 0.1) is 5.92 Å². The first-order chi connectivity index (χ1) is 9.00. The van der Waals surface area contributed by atoms with Crippen molar-refractivity contribution in [2.45, 2.75) is 25.3 Å². The third-order valence-corrected chi connectivity index (χ3v) is 5.27. The van der Waals surface area contributed by atoms with Crippen molar-refractivity contribution in [2.24, 2.45) is 5.92 Å². The summed E-state index contributed by atoms with van der Waals surface area (Å²) in [5.74, 6) is 0.687. The number of nitrogens with one attached hydrogen (secondary N) is 1. The number of sulfonamides is 1. The Morgan fingerprint density at radius 2 is 2.00 bits per heavy atom. The van der Waals surface area contributed by atoms with Gasteiger partial charge in [0.05, 0.1) is 12.5 Å².